The fraction of sp³-hybridized carbons (Fsp3) is 0.481. The lowest BCUT2D eigenvalue weighted by molar-refractivity contribution is -0.634. The summed E-state index contributed by atoms with van der Waals surface area (Å²) in [6.07, 6.45) is -1.57. The van der Waals surface area contributed by atoms with Crippen LogP contribution in [0.15, 0.2) is 48.5 Å². The monoisotopic (exact) mass is 600 g/mol. The van der Waals surface area contributed by atoms with Crippen LogP contribution < -0.4 is 28.5 Å². The number of benzene rings is 2. The summed E-state index contributed by atoms with van der Waals surface area (Å²) >= 11 is 0. The van der Waals surface area contributed by atoms with Crippen molar-refractivity contribution in [2.24, 2.45) is 24.8 Å². The molecule has 0 amide bonds. The second-order valence-corrected chi connectivity index (χ2v) is 9.89. The van der Waals surface area contributed by atoms with E-state index in [-0.39, 0.29) is 42.6 Å². The summed E-state index contributed by atoms with van der Waals surface area (Å²) in [5, 5.41) is 0. The van der Waals surface area contributed by atoms with Gasteiger partial charge in [0.05, 0.1) is 18.2 Å². The molecule has 1 aliphatic carbocycles. The highest BCUT2D eigenvalue weighted by Crippen LogP contribution is 2.36. The standard InChI is InChI=1S/C27H32F3N2O2.HI/c1-17(2)21-13-12-18(3)14-24(21)34-25(33)16-32-23-11-6-5-10-22(23)31(4)26(32)19-8-7-9-20(15-19)27(28,29)30;/h5-11,15,17-18,21,24H,12-14,16H2,1-4H3;1H/q+1;/p-1. The van der Waals surface area contributed by atoms with Crippen molar-refractivity contribution in [2.75, 3.05) is 0 Å². The molecule has 4 rings (SSSR count). The molecule has 0 saturated heterocycles. The van der Waals surface area contributed by atoms with Gasteiger partial charge in [-0.25, -0.2) is 13.9 Å². The molecule has 0 N–H and O–H groups in total. The summed E-state index contributed by atoms with van der Waals surface area (Å²) in [7, 11) is 1.80. The molecule has 0 bridgehead atoms. The zero-order valence-corrected chi connectivity index (χ0v) is 22.6. The van der Waals surface area contributed by atoms with Crippen LogP contribution in [-0.2, 0) is 29.3 Å². The Morgan fingerprint density at radius 1 is 1.14 bits per heavy atom. The maximum absolute atomic E-state index is 13.4. The minimum Gasteiger partial charge on any atom is -1.00 e. The number of nitrogens with zero attached hydrogens (tertiary/aromatic N) is 2. The first-order valence-electron chi connectivity index (χ1n) is 11.9. The molecule has 35 heavy (non-hydrogen) atoms. The summed E-state index contributed by atoms with van der Waals surface area (Å²) in [5.41, 5.74) is 1.27. The molecule has 3 aromatic rings. The predicted octanol–water partition coefficient (Wildman–Crippen LogP) is 3.16. The van der Waals surface area contributed by atoms with E-state index in [1.54, 1.807) is 17.7 Å². The summed E-state index contributed by atoms with van der Waals surface area (Å²) < 4.78 is 49.8. The van der Waals surface area contributed by atoms with Crippen LogP contribution in [0.25, 0.3) is 22.4 Å². The van der Waals surface area contributed by atoms with Crippen molar-refractivity contribution in [1.29, 1.82) is 0 Å². The highest BCUT2D eigenvalue weighted by Gasteiger charge is 2.35. The van der Waals surface area contributed by atoms with Crippen molar-refractivity contribution in [3.8, 4) is 11.4 Å². The van der Waals surface area contributed by atoms with Crippen LogP contribution in [0.1, 0.15) is 45.6 Å². The largest absolute Gasteiger partial charge is 1.00 e. The van der Waals surface area contributed by atoms with Gasteiger partial charge in [0.25, 0.3) is 5.82 Å². The number of halogens is 4. The van der Waals surface area contributed by atoms with Gasteiger partial charge in [-0.15, -0.1) is 0 Å². The highest BCUT2D eigenvalue weighted by atomic mass is 127. The number of hydrogen-bond acceptors (Lipinski definition) is 2. The number of imidazole rings is 1. The van der Waals surface area contributed by atoms with Gasteiger partial charge in [-0.1, -0.05) is 45.4 Å². The number of ether oxygens (including phenoxy) is 1. The number of para-hydroxylation sites is 2. The Hall–Kier alpha value is -2.10. The first-order valence-corrected chi connectivity index (χ1v) is 11.9. The number of carbonyl (C=O) groups is 1. The summed E-state index contributed by atoms with van der Waals surface area (Å²) in [5.74, 6) is 1.40. The lowest BCUT2D eigenvalue weighted by atomic mass is 9.75. The molecule has 2 aromatic carbocycles. The van der Waals surface area contributed by atoms with Gasteiger partial charge in [0, 0.05) is 0 Å². The Morgan fingerprint density at radius 3 is 2.54 bits per heavy atom. The van der Waals surface area contributed by atoms with Crippen LogP contribution >= 0.6 is 0 Å². The normalized spacial score (nSPS) is 20.6. The van der Waals surface area contributed by atoms with Crippen molar-refractivity contribution >= 4 is 17.0 Å². The molecule has 4 nitrogen and oxygen atoms in total. The number of aryl methyl sites for hydroxylation is 1. The Bertz CT molecular complexity index is 1190. The molecule has 190 valence electrons. The Balaban J connectivity index is 0.00000342. The van der Waals surface area contributed by atoms with Crippen LogP contribution in [-0.4, -0.2) is 16.6 Å². The van der Waals surface area contributed by atoms with Crippen LogP contribution in [0.3, 0.4) is 0 Å². The smallest absolute Gasteiger partial charge is 0.416 e. The first-order chi connectivity index (χ1) is 16.1. The highest BCUT2D eigenvalue weighted by molar-refractivity contribution is 5.79. The van der Waals surface area contributed by atoms with E-state index in [4.69, 9.17) is 4.74 Å². The minimum absolute atomic E-state index is 0. The van der Waals surface area contributed by atoms with Crippen LogP contribution in [0.4, 0.5) is 13.2 Å². The van der Waals surface area contributed by atoms with Gasteiger partial charge in [0.15, 0.2) is 17.6 Å². The molecule has 1 aromatic heterocycles. The fourth-order valence-corrected chi connectivity index (χ4v) is 5.31. The summed E-state index contributed by atoms with van der Waals surface area (Å²) in [6.45, 7) is 6.44. The topological polar surface area (TPSA) is 35.1 Å². The van der Waals surface area contributed by atoms with Crippen LogP contribution in [0.2, 0.25) is 0 Å². The molecular formula is C27H32F3IN2O2. The zero-order chi connectivity index (χ0) is 24.6. The molecule has 3 atom stereocenters. The maximum atomic E-state index is 13.4. The molecule has 1 aliphatic rings. The second kappa shape index (κ2) is 10.9. The fourth-order valence-electron chi connectivity index (χ4n) is 5.31. The van der Waals surface area contributed by atoms with Gasteiger partial charge in [-0.3, -0.25) is 0 Å². The van der Waals surface area contributed by atoms with E-state index in [9.17, 15) is 18.0 Å². The third kappa shape index (κ3) is 5.84. The van der Waals surface area contributed by atoms with E-state index in [2.05, 4.69) is 20.8 Å². The Morgan fingerprint density at radius 2 is 1.86 bits per heavy atom. The first kappa shape index (κ1) is 27.5. The van der Waals surface area contributed by atoms with Gasteiger partial charge in [0.1, 0.15) is 6.10 Å². The molecule has 0 radical (unpaired) electrons. The Labute approximate surface area is 221 Å². The molecule has 1 saturated carbocycles. The number of carbonyl (C=O) groups excluding carboxylic acids is 1. The zero-order valence-electron chi connectivity index (χ0n) is 20.5. The van der Waals surface area contributed by atoms with E-state index in [0.717, 1.165) is 42.4 Å². The molecule has 8 heteroatoms. The van der Waals surface area contributed by atoms with E-state index >= 15 is 0 Å². The third-order valence-electron chi connectivity index (χ3n) is 7.09. The quantitative estimate of drug-likeness (QED) is 0.257. The molecule has 1 fully saturated rings. The summed E-state index contributed by atoms with van der Waals surface area (Å²) in [6, 6.07) is 12.7. The van der Waals surface area contributed by atoms with Crippen molar-refractivity contribution in [2.45, 2.75) is 58.9 Å². The van der Waals surface area contributed by atoms with E-state index < -0.39 is 11.7 Å². The van der Waals surface area contributed by atoms with E-state index in [1.165, 1.54) is 6.07 Å². The van der Waals surface area contributed by atoms with E-state index in [0.29, 0.717) is 29.1 Å². The molecule has 0 spiro atoms. The molecule has 1 heterocycles. The average Bonchev–Trinajstić information content (AvgIpc) is 3.04. The Kier molecular flexibility index (Phi) is 8.55. The van der Waals surface area contributed by atoms with Gasteiger partial charge in [-0.2, -0.15) is 13.2 Å². The molecular weight excluding hydrogens is 568 g/mol. The number of rotatable bonds is 5. The number of aromatic nitrogens is 2. The van der Waals surface area contributed by atoms with Crippen LogP contribution in [0.5, 0.6) is 0 Å². The number of hydrogen-bond donors (Lipinski definition) is 0. The van der Waals surface area contributed by atoms with E-state index in [1.807, 2.05) is 28.8 Å². The number of alkyl halides is 3. The SMILES string of the molecule is CC1CCC(C(C)C)C(OC(=O)Cn2c(-c3cccc(C(F)(F)F)c3)[n+](C)c3ccccc32)C1.[I-]. The maximum Gasteiger partial charge on any atom is 0.416 e. The third-order valence-corrected chi connectivity index (χ3v) is 7.09. The van der Waals surface area contributed by atoms with Crippen molar-refractivity contribution in [3.63, 3.8) is 0 Å². The van der Waals surface area contributed by atoms with Gasteiger partial charge in [-0.05, 0) is 60.9 Å². The van der Waals surface area contributed by atoms with Crippen LogP contribution in [0, 0.1) is 17.8 Å². The summed E-state index contributed by atoms with van der Waals surface area (Å²) in [4.78, 5) is 13.2. The number of esters is 1. The van der Waals surface area contributed by atoms with Gasteiger partial charge >= 0.3 is 12.1 Å². The molecule has 3 unspecified atom stereocenters. The molecule has 0 aliphatic heterocycles. The van der Waals surface area contributed by atoms with Gasteiger partial charge < -0.3 is 28.7 Å². The second-order valence-electron chi connectivity index (χ2n) is 9.89. The van der Waals surface area contributed by atoms with Crippen molar-refractivity contribution in [3.05, 3.63) is 54.1 Å². The van der Waals surface area contributed by atoms with Crippen molar-refractivity contribution < 1.29 is 51.2 Å². The lowest BCUT2D eigenvalue weighted by Gasteiger charge is -2.36. The van der Waals surface area contributed by atoms with Crippen molar-refractivity contribution in [1.82, 2.24) is 4.57 Å². The minimum atomic E-state index is -4.45. The predicted molar refractivity (Wildman–Crippen MR) is 125 cm³/mol. The average molecular weight is 600 g/mol. The number of fused-ring (bicyclic) bond motifs is 1. The lowest BCUT2D eigenvalue weighted by Crippen LogP contribution is -3.00. The van der Waals surface area contributed by atoms with Gasteiger partial charge in [0.2, 0.25) is 0 Å².